The Kier molecular flexibility index (Phi) is 4.34. The molecule has 3 nitrogen and oxygen atoms in total. The summed E-state index contributed by atoms with van der Waals surface area (Å²) < 4.78 is 2.13. The van der Waals surface area contributed by atoms with Gasteiger partial charge in [-0.25, -0.2) is 4.98 Å². The first kappa shape index (κ1) is 12.3. The average molecular weight is 249 g/mol. The maximum Gasteiger partial charge on any atom is 0.0946 e. The lowest BCUT2D eigenvalue weighted by molar-refractivity contribution is 0.446. The maximum atomic E-state index is 4.05. The van der Waals surface area contributed by atoms with E-state index in [-0.39, 0.29) is 0 Å². The fourth-order valence-electron chi connectivity index (χ4n) is 1.84. The van der Waals surface area contributed by atoms with Crippen molar-refractivity contribution in [2.75, 3.05) is 6.54 Å². The second-order valence-electron chi connectivity index (χ2n) is 4.51. The summed E-state index contributed by atoms with van der Waals surface area (Å²) in [4.78, 5) is 6.85. The lowest BCUT2D eigenvalue weighted by Gasteiger charge is -2.12. The standard InChI is InChI=1S/C13H19N3S/c1-11(9-16-6-5-14-10-16)7-15-8-13-4-3-12(2)17-13/h3-6,10-11,15H,7-9H2,1-2H3. The van der Waals surface area contributed by atoms with Crippen LogP contribution in [0, 0.1) is 12.8 Å². The Bertz CT molecular complexity index is 433. The number of hydrogen-bond acceptors (Lipinski definition) is 3. The third-order valence-corrected chi connectivity index (χ3v) is 3.67. The van der Waals surface area contributed by atoms with Crippen LogP contribution in [-0.4, -0.2) is 16.1 Å². The van der Waals surface area contributed by atoms with Gasteiger partial charge in [-0.3, -0.25) is 0 Å². The number of thiophene rings is 1. The Morgan fingerprint density at radius 3 is 3.00 bits per heavy atom. The van der Waals surface area contributed by atoms with Gasteiger partial charge in [0, 0.05) is 35.2 Å². The monoisotopic (exact) mass is 249 g/mol. The molecule has 0 fully saturated rings. The third-order valence-electron chi connectivity index (χ3n) is 2.67. The highest BCUT2D eigenvalue weighted by Crippen LogP contribution is 2.14. The van der Waals surface area contributed by atoms with Crippen LogP contribution in [-0.2, 0) is 13.1 Å². The topological polar surface area (TPSA) is 29.9 Å². The van der Waals surface area contributed by atoms with Crippen LogP contribution >= 0.6 is 11.3 Å². The van der Waals surface area contributed by atoms with Crippen molar-refractivity contribution in [3.63, 3.8) is 0 Å². The first-order chi connectivity index (χ1) is 8.24. The molecule has 2 rings (SSSR count). The van der Waals surface area contributed by atoms with Crippen LogP contribution in [0.3, 0.4) is 0 Å². The van der Waals surface area contributed by atoms with Crippen molar-refractivity contribution in [2.24, 2.45) is 5.92 Å². The molecule has 0 saturated carbocycles. The summed E-state index contributed by atoms with van der Waals surface area (Å²) >= 11 is 1.87. The van der Waals surface area contributed by atoms with Crippen molar-refractivity contribution in [2.45, 2.75) is 26.9 Å². The minimum absolute atomic E-state index is 0.616. The normalized spacial score (nSPS) is 12.8. The first-order valence-electron chi connectivity index (χ1n) is 5.96. The highest BCUT2D eigenvalue weighted by molar-refractivity contribution is 7.11. The van der Waals surface area contributed by atoms with E-state index >= 15 is 0 Å². The van der Waals surface area contributed by atoms with E-state index in [1.54, 1.807) is 0 Å². The van der Waals surface area contributed by atoms with Crippen molar-refractivity contribution in [3.05, 3.63) is 40.6 Å². The zero-order valence-electron chi connectivity index (χ0n) is 10.4. The Morgan fingerprint density at radius 2 is 2.35 bits per heavy atom. The van der Waals surface area contributed by atoms with Gasteiger partial charge < -0.3 is 9.88 Å². The van der Waals surface area contributed by atoms with E-state index in [0.29, 0.717) is 5.92 Å². The SMILES string of the molecule is Cc1ccc(CNCC(C)Cn2ccnc2)s1. The number of hydrogen-bond donors (Lipinski definition) is 1. The summed E-state index contributed by atoms with van der Waals surface area (Å²) in [7, 11) is 0. The molecule has 0 amide bonds. The molecular formula is C13H19N3S. The maximum absolute atomic E-state index is 4.05. The fraction of sp³-hybridized carbons (Fsp3) is 0.462. The highest BCUT2D eigenvalue weighted by atomic mass is 32.1. The van der Waals surface area contributed by atoms with Crippen LogP contribution in [0.15, 0.2) is 30.9 Å². The number of imidazole rings is 1. The lowest BCUT2D eigenvalue weighted by atomic mass is 10.2. The molecule has 0 aliphatic heterocycles. The largest absolute Gasteiger partial charge is 0.337 e. The summed E-state index contributed by atoms with van der Waals surface area (Å²) in [6, 6.07) is 4.38. The molecule has 2 aromatic heterocycles. The van der Waals surface area contributed by atoms with Gasteiger partial charge in [-0.05, 0) is 31.5 Å². The summed E-state index contributed by atoms with van der Waals surface area (Å²) in [6.45, 7) is 7.45. The molecule has 0 saturated heterocycles. The van der Waals surface area contributed by atoms with E-state index in [9.17, 15) is 0 Å². The molecule has 92 valence electrons. The van der Waals surface area contributed by atoms with Gasteiger partial charge in [-0.15, -0.1) is 11.3 Å². The van der Waals surface area contributed by atoms with E-state index in [4.69, 9.17) is 0 Å². The van der Waals surface area contributed by atoms with Crippen LogP contribution in [0.4, 0.5) is 0 Å². The molecule has 1 N–H and O–H groups in total. The molecule has 0 bridgehead atoms. The summed E-state index contributed by atoms with van der Waals surface area (Å²) in [5, 5.41) is 3.50. The molecule has 4 heteroatoms. The molecular weight excluding hydrogens is 230 g/mol. The summed E-state index contributed by atoms with van der Waals surface area (Å²) in [6.07, 6.45) is 5.72. The average Bonchev–Trinajstić information content (AvgIpc) is 2.90. The molecule has 0 spiro atoms. The second kappa shape index (κ2) is 5.98. The van der Waals surface area contributed by atoms with Crippen LogP contribution in [0.5, 0.6) is 0 Å². The number of nitrogens with zero attached hydrogens (tertiary/aromatic N) is 2. The van der Waals surface area contributed by atoms with Gasteiger partial charge in [0.05, 0.1) is 6.33 Å². The van der Waals surface area contributed by atoms with Gasteiger partial charge >= 0.3 is 0 Å². The van der Waals surface area contributed by atoms with Crippen molar-refractivity contribution < 1.29 is 0 Å². The van der Waals surface area contributed by atoms with Crippen LogP contribution in [0.2, 0.25) is 0 Å². The van der Waals surface area contributed by atoms with Crippen molar-refractivity contribution in [3.8, 4) is 0 Å². The zero-order chi connectivity index (χ0) is 12.1. The molecule has 2 heterocycles. The van der Waals surface area contributed by atoms with Gasteiger partial charge in [0.25, 0.3) is 0 Å². The minimum Gasteiger partial charge on any atom is -0.337 e. The summed E-state index contributed by atoms with van der Waals surface area (Å²) in [5.74, 6) is 0.616. The van der Waals surface area contributed by atoms with E-state index in [2.05, 4.69) is 40.8 Å². The molecule has 1 atom stereocenters. The predicted octanol–water partition coefficient (Wildman–Crippen LogP) is 2.68. The van der Waals surface area contributed by atoms with Crippen molar-refractivity contribution >= 4 is 11.3 Å². The Morgan fingerprint density at radius 1 is 1.47 bits per heavy atom. The minimum atomic E-state index is 0.616. The number of aromatic nitrogens is 2. The van der Waals surface area contributed by atoms with Gasteiger partial charge in [-0.1, -0.05) is 6.92 Å². The first-order valence-corrected chi connectivity index (χ1v) is 6.77. The molecule has 0 aliphatic carbocycles. The predicted molar refractivity (Wildman–Crippen MR) is 72.2 cm³/mol. The van der Waals surface area contributed by atoms with E-state index in [0.717, 1.165) is 19.6 Å². The number of nitrogens with one attached hydrogen (secondary N) is 1. The van der Waals surface area contributed by atoms with Crippen molar-refractivity contribution in [1.29, 1.82) is 0 Å². The van der Waals surface area contributed by atoms with E-state index in [1.807, 2.05) is 30.1 Å². The van der Waals surface area contributed by atoms with Gasteiger partial charge in [0.2, 0.25) is 0 Å². The van der Waals surface area contributed by atoms with Crippen LogP contribution < -0.4 is 5.32 Å². The Labute approximate surface area is 107 Å². The van der Waals surface area contributed by atoms with Gasteiger partial charge in [-0.2, -0.15) is 0 Å². The quantitative estimate of drug-likeness (QED) is 0.853. The molecule has 0 aromatic carbocycles. The van der Waals surface area contributed by atoms with Gasteiger partial charge in [0.15, 0.2) is 0 Å². The van der Waals surface area contributed by atoms with Crippen LogP contribution in [0.25, 0.3) is 0 Å². The summed E-state index contributed by atoms with van der Waals surface area (Å²) in [5.41, 5.74) is 0. The molecule has 1 unspecified atom stereocenters. The highest BCUT2D eigenvalue weighted by Gasteiger charge is 2.03. The van der Waals surface area contributed by atoms with Crippen molar-refractivity contribution in [1.82, 2.24) is 14.9 Å². The smallest absolute Gasteiger partial charge is 0.0946 e. The fourth-order valence-corrected chi connectivity index (χ4v) is 2.70. The molecule has 2 aromatic rings. The number of aryl methyl sites for hydroxylation is 1. The third kappa shape index (κ3) is 3.98. The van der Waals surface area contributed by atoms with Gasteiger partial charge in [0.1, 0.15) is 0 Å². The van der Waals surface area contributed by atoms with Crippen LogP contribution in [0.1, 0.15) is 16.7 Å². The molecule has 17 heavy (non-hydrogen) atoms. The Hall–Kier alpha value is -1.13. The van der Waals surface area contributed by atoms with E-state index in [1.165, 1.54) is 9.75 Å². The lowest BCUT2D eigenvalue weighted by Crippen LogP contribution is -2.23. The zero-order valence-corrected chi connectivity index (χ0v) is 11.2. The molecule has 0 radical (unpaired) electrons. The second-order valence-corrected chi connectivity index (χ2v) is 5.88. The Balaban J connectivity index is 1.68. The molecule has 0 aliphatic rings. The number of rotatable bonds is 6. The van der Waals surface area contributed by atoms with E-state index < -0.39 is 0 Å².